The maximum atomic E-state index is 13.6. The third kappa shape index (κ3) is 3.91. The van der Waals surface area contributed by atoms with Crippen molar-refractivity contribution in [2.75, 3.05) is 30.3 Å². The first-order chi connectivity index (χ1) is 16.2. The van der Waals surface area contributed by atoms with E-state index in [-0.39, 0.29) is 31.1 Å². The highest BCUT2D eigenvalue weighted by molar-refractivity contribution is 6.35. The van der Waals surface area contributed by atoms with Gasteiger partial charge in [0.2, 0.25) is 0 Å². The van der Waals surface area contributed by atoms with Crippen LogP contribution >= 0.6 is 23.2 Å². The number of fused-ring (bicyclic) bond motifs is 2. The van der Waals surface area contributed by atoms with Gasteiger partial charge in [-0.05, 0) is 36.6 Å². The number of pyridine rings is 1. The van der Waals surface area contributed by atoms with Gasteiger partial charge in [-0.25, -0.2) is 4.79 Å². The van der Waals surface area contributed by atoms with Crippen molar-refractivity contribution in [2.24, 2.45) is 0 Å². The summed E-state index contributed by atoms with van der Waals surface area (Å²) in [6.45, 7) is 2.42. The zero-order valence-electron chi connectivity index (χ0n) is 18.1. The molecule has 1 aromatic carbocycles. The number of ether oxygens (including phenoxy) is 1. The molecule has 34 heavy (non-hydrogen) atoms. The summed E-state index contributed by atoms with van der Waals surface area (Å²) in [7, 11) is 0. The lowest BCUT2D eigenvalue weighted by atomic mass is 9.93. The minimum Gasteiger partial charge on any atom is -0.479 e. The molecule has 3 aromatic rings. The van der Waals surface area contributed by atoms with Crippen LogP contribution in [0.1, 0.15) is 24.1 Å². The summed E-state index contributed by atoms with van der Waals surface area (Å²) in [6, 6.07) is 3.15. The number of carbonyl (C=O) groups excluding carboxylic acids is 1. The van der Waals surface area contributed by atoms with Crippen LogP contribution in [0.15, 0.2) is 28.9 Å². The van der Waals surface area contributed by atoms with Crippen LogP contribution in [0.5, 0.6) is 0 Å². The molecule has 1 fully saturated rings. The Morgan fingerprint density at radius 3 is 2.74 bits per heavy atom. The van der Waals surface area contributed by atoms with Crippen molar-refractivity contribution in [1.82, 2.24) is 14.9 Å². The summed E-state index contributed by atoms with van der Waals surface area (Å²) in [5, 5.41) is 10.7. The molecule has 1 amide bonds. The van der Waals surface area contributed by atoms with Crippen molar-refractivity contribution in [2.45, 2.75) is 31.6 Å². The number of benzene rings is 1. The predicted molar refractivity (Wildman–Crippen MR) is 125 cm³/mol. The van der Waals surface area contributed by atoms with Crippen molar-refractivity contribution in [3.8, 4) is 0 Å². The lowest BCUT2D eigenvalue weighted by molar-refractivity contribution is -0.164. The van der Waals surface area contributed by atoms with Crippen molar-refractivity contribution >= 4 is 57.9 Å². The topological polar surface area (TPSA) is 135 Å². The summed E-state index contributed by atoms with van der Waals surface area (Å²) in [5.74, 6) is -1.49. The molecule has 178 valence electrons. The first-order valence-corrected chi connectivity index (χ1v) is 11.4. The van der Waals surface area contributed by atoms with Gasteiger partial charge in [-0.15, -0.1) is 0 Å². The number of anilines is 2. The van der Waals surface area contributed by atoms with Gasteiger partial charge < -0.3 is 29.8 Å². The van der Waals surface area contributed by atoms with Crippen LogP contribution in [0.3, 0.4) is 0 Å². The van der Waals surface area contributed by atoms with Crippen LogP contribution < -0.4 is 10.6 Å². The number of nitrogen functional groups attached to an aromatic ring is 1. The van der Waals surface area contributed by atoms with Gasteiger partial charge in [0.25, 0.3) is 11.9 Å². The number of rotatable bonds is 3. The fourth-order valence-corrected chi connectivity index (χ4v) is 5.39. The Morgan fingerprint density at radius 1 is 1.21 bits per heavy atom. The number of hydrogen-bond acceptors (Lipinski definition) is 8. The standard InChI is InChI=1S/C22H21Cl2N5O5/c1-10-18-11(4-12(23)5-13(18)24)2-3-29(10)20(30)16-8-28(9-17(33-16)21(31)32)15-7-26-6-14-19(15)34-22(25)27-14/h4-7,10,16-17H,2-3,8-9H2,1H3,(H2,25,27)(H,31,32)/t10-,16+,17-/m0/s1. The normalized spacial score (nSPS) is 22.6. The van der Waals surface area contributed by atoms with Crippen molar-refractivity contribution in [3.05, 3.63) is 45.7 Å². The number of nitrogens with zero attached hydrogens (tertiary/aromatic N) is 4. The molecular formula is C22H21Cl2N5O5. The van der Waals surface area contributed by atoms with Crippen LogP contribution in [0.2, 0.25) is 10.0 Å². The van der Waals surface area contributed by atoms with Gasteiger partial charge in [0.15, 0.2) is 17.8 Å². The summed E-state index contributed by atoms with van der Waals surface area (Å²) >= 11 is 12.6. The minimum absolute atomic E-state index is 0.00320. The Labute approximate surface area is 204 Å². The van der Waals surface area contributed by atoms with Gasteiger partial charge in [-0.2, -0.15) is 4.98 Å². The third-order valence-corrected chi connectivity index (χ3v) is 6.79. The van der Waals surface area contributed by atoms with Crippen LogP contribution in [-0.4, -0.2) is 63.7 Å². The van der Waals surface area contributed by atoms with Gasteiger partial charge in [0.05, 0.1) is 31.5 Å². The van der Waals surface area contributed by atoms with Crippen molar-refractivity contribution in [1.29, 1.82) is 0 Å². The molecule has 0 bridgehead atoms. The number of carboxylic acid groups (broad SMARTS) is 1. The fraction of sp³-hybridized carbons (Fsp3) is 0.364. The molecule has 0 spiro atoms. The Bertz CT molecular complexity index is 1300. The number of morpholine rings is 1. The van der Waals surface area contributed by atoms with E-state index in [1.165, 1.54) is 12.4 Å². The van der Waals surface area contributed by atoms with E-state index < -0.39 is 18.2 Å². The predicted octanol–water partition coefficient (Wildman–Crippen LogP) is 2.92. The van der Waals surface area contributed by atoms with E-state index >= 15 is 0 Å². The van der Waals surface area contributed by atoms with Gasteiger partial charge in [-0.1, -0.05) is 23.2 Å². The van der Waals surface area contributed by atoms with Crippen LogP contribution in [0.4, 0.5) is 11.7 Å². The number of halogens is 2. The average Bonchev–Trinajstić information content (AvgIpc) is 3.18. The number of nitrogens with two attached hydrogens (primary N) is 1. The van der Waals surface area contributed by atoms with Gasteiger partial charge in [0.1, 0.15) is 11.2 Å². The highest BCUT2D eigenvalue weighted by Crippen LogP contribution is 2.38. The number of aromatic nitrogens is 2. The van der Waals surface area contributed by atoms with Crippen LogP contribution in [0.25, 0.3) is 11.1 Å². The lowest BCUT2D eigenvalue weighted by Gasteiger charge is -2.42. The molecule has 3 atom stereocenters. The molecule has 2 aliphatic heterocycles. The number of hydrogen-bond donors (Lipinski definition) is 2. The SMILES string of the molecule is C[C@H]1c2c(Cl)cc(Cl)cc2CCN1C(=O)[C@H]1CN(c2cncc3nc(N)oc23)C[C@@H](C(=O)O)O1. The second-order valence-corrected chi connectivity index (χ2v) is 9.18. The second kappa shape index (κ2) is 8.61. The van der Waals surface area contributed by atoms with Crippen LogP contribution in [-0.2, 0) is 20.7 Å². The van der Waals surface area contributed by atoms with E-state index in [1.54, 1.807) is 15.9 Å². The number of carboxylic acids is 1. The van der Waals surface area contributed by atoms with Gasteiger partial charge in [0, 0.05) is 16.6 Å². The zero-order valence-corrected chi connectivity index (χ0v) is 19.6. The Balaban J connectivity index is 1.45. The molecule has 0 unspecified atom stereocenters. The molecule has 1 saturated heterocycles. The van der Waals surface area contributed by atoms with Crippen LogP contribution in [0, 0.1) is 0 Å². The molecular weight excluding hydrogens is 485 g/mol. The summed E-state index contributed by atoms with van der Waals surface area (Å²) in [5.41, 5.74) is 8.81. The number of carbonyl (C=O) groups is 2. The Morgan fingerprint density at radius 2 is 1.97 bits per heavy atom. The van der Waals surface area contributed by atoms with Crippen molar-refractivity contribution < 1.29 is 23.8 Å². The highest BCUT2D eigenvalue weighted by atomic mass is 35.5. The maximum absolute atomic E-state index is 13.6. The molecule has 10 nitrogen and oxygen atoms in total. The summed E-state index contributed by atoms with van der Waals surface area (Å²) < 4.78 is 11.3. The molecule has 3 N–H and O–H groups in total. The molecule has 12 heteroatoms. The molecule has 0 radical (unpaired) electrons. The van der Waals surface area contributed by atoms with E-state index in [0.29, 0.717) is 39.8 Å². The number of amides is 1. The monoisotopic (exact) mass is 505 g/mol. The third-order valence-electron chi connectivity index (χ3n) is 6.26. The van der Waals surface area contributed by atoms with E-state index in [4.69, 9.17) is 38.1 Å². The van der Waals surface area contributed by atoms with E-state index in [0.717, 1.165) is 11.1 Å². The van der Waals surface area contributed by atoms with Gasteiger partial charge in [-0.3, -0.25) is 9.78 Å². The van der Waals surface area contributed by atoms with E-state index in [2.05, 4.69) is 9.97 Å². The quantitative estimate of drug-likeness (QED) is 0.550. The van der Waals surface area contributed by atoms with E-state index in [9.17, 15) is 14.7 Å². The molecule has 5 rings (SSSR count). The van der Waals surface area contributed by atoms with E-state index in [1.807, 2.05) is 13.0 Å². The second-order valence-electron chi connectivity index (χ2n) is 8.33. The minimum atomic E-state index is -1.23. The summed E-state index contributed by atoms with van der Waals surface area (Å²) in [6.07, 6.45) is 1.35. The molecule has 4 heterocycles. The zero-order chi connectivity index (χ0) is 24.1. The fourth-order valence-electron chi connectivity index (χ4n) is 4.70. The molecule has 2 aliphatic rings. The highest BCUT2D eigenvalue weighted by Gasteiger charge is 2.41. The van der Waals surface area contributed by atoms with Crippen molar-refractivity contribution in [3.63, 3.8) is 0 Å². The first kappa shape index (κ1) is 22.7. The largest absolute Gasteiger partial charge is 0.479 e. The molecule has 0 saturated carbocycles. The van der Waals surface area contributed by atoms with Gasteiger partial charge >= 0.3 is 5.97 Å². The first-order valence-electron chi connectivity index (χ1n) is 10.6. The number of aliphatic carboxylic acids is 1. The molecule has 2 aromatic heterocycles. The summed E-state index contributed by atoms with van der Waals surface area (Å²) in [4.78, 5) is 37.1. The Kier molecular flexibility index (Phi) is 5.75. The lowest BCUT2D eigenvalue weighted by Crippen LogP contribution is -2.57. The maximum Gasteiger partial charge on any atom is 0.334 e. The Hall–Kier alpha value is -3.08. The molecule has 0 aliphatic carbocycles. The average molecular weight is 506 g/mol. The number of oxazole rings is 1. The smallest absolute Gasteiger partial charge is 0.334 e.